The zero-order valence-electron chi connectivity index (χ0n) is 70.4. The number of azide groups is 1. The molecule has 3 heterocycles. The summed E-state index contributed by atoms with van der Waals surface area (Å²) in [5.74, 6) is -0.679. The lowest BCUT2D eigenvalue weighted by Gasteiger charge is -2.51. The van der Waals surface area contributed by atoms with Gasteiger partial charge in [-0.25, -0.2) is 0 Å². The van der Waals surface area contributed by atoms with Crippen LogP contribution in [0.2, 0.25) is 0 Å². The van der Waals surface area contributed by atoms with Crippen LogP contribution in [-0.2, 0) is 140 Å². The van der Waals surface area contributed by atoms with Crippen molar-refractivity contribution in [2.75, 3.05) is 26.4 Å². The van der Waals surface area contributed by atoms with Gasteiger partial charge in [-0.15, -0.1) is 0 Å². The van der Waals surface area contributed by atoms with Gasteiger partial charge in [-0.1, -0.05) is 361 Å². The molecule has 9 aromatic carbocycles. The number of nitrogens with zero attached hydrogens (tertiary/aromatic N) is 3. The van der Waals surface area contributed by atoms with Gasteiger partial charge in [-0.2, -0.15) is 0 Å². The second-order valence-corrected chi connectivity index (χ2v) is 31.3. The van der Waals surface area contributed by atoms with Crippen molar-refractivity contribution in [3.8, 4) is 0 Å². The molecule has 17 atom stereocenters. The van der Waals surface area contributed by atoms with E-state index in [-0.39, 0.29) is 85.9 Å². The summed E-state index contributed by atoms with van der Waals surface area (Å²) >= 11 is 0. The highest BCUT2D eigenvalue weighted by Crippen LogP contribution is 2.40. The standard InChI is InChI=1S/C101H121N3O18/c1-3-4-5-6-7-8-9-10-11-12-13-14-42-61-86(110-65-79-49-30-18-31-50-79)85(103-104-102)71-116-99-98(117-75(2)105)96(114-69-83-57-38-22-39-58-83)93(88(118-99)73-108-63-77-45-26-16-27-46-77)122-101-97(115-70-84-59-40-23-41-60-84)95(113-68-82-55-36-21-37-56-82)92(89(120-101)74-109-64-78-47-28-17-29-48-78)121-100-94(112-67-81-53-34-20-35-54-81)90(106)91(111-66-80-51-32-19-33-52-80)87(119-100)72-107-62-76-43-24-15-25-44-76/h15-61,85-101,106H,3-14,62-74H2,1-2H3/t85?,86?,87?,88?,89?,90?,91-,92-,93+,94?,95?,96?,97?,98?,99+,100-,101-/m0/s1. The Labute approximate surface area is 719 Å². The molecule has 1 N–H and O–H groups in total. The predicted molar refractivity (Wildman–Crippen MR) is 465 cm³/mol. The molecule has 0 spiro atoms. The molecular weight excluding hydrogens is 1540 g/mol. The van der Waals surface area contributed by atoms with E-state index in [0.717, 1.165) is 75.8 Å². The molecule has 0 bridgehead atoms. The van der Waals surface area contributed by atoms with Gasteiger partial charge in [0.2, 0.25) is 0 Å². The maximum absolute atomic E-state index is 14.1. The molecule has 0 aromatic heterocycles. The van der Waals surface area contributed by atoms with Gasteiger partial charge in [0.25, 0.3) is 0 Å². The van der Waals surface area contributed by atoms with E-state index in [1.165, 1.54) is 58.3 Å². The lowest BCUT2D eigenvalue weighted by molar-refractivity contribution is -0.393. The van der Waals surface area contributed by atoms with E-state index in [0.29, 0.717) is 0 Å². The summed E-state index contributed by atoms with van der Waals surface area (Å²) in [6.45, 7) is 3.91. The molecule has 648 valence electrons. The van der Waals surface area contributed by atoms with Crippen molar-refractivity contribution in [3.05, 3.63) is 346 Å². The summed E-state index contributed by atoms with van der Waals surface area (Å²) in [7, 11) is 0. The number of hydrogen-bond acceptors (Lipinski definition) is 19. The number of esters is 1. The molecule has 3 saturated heterocycles. The van der Waals surface area contributed by atoms with Crippen molar-refractivity contribution >= 4 is 5.97 Å². The normalized spacial score (nSPS) is 23.4. The molecule has 0 saturated carbocycles. The number of allylic oxidation sites excluding steroid dienone is 1. The van der Waals surface area contributed by atoms with Crippen molar-refractivity contribution in [3.63, 3.8) is 0 Å². The minimum absolute atomic E-state index is 0.00614. The molecular formula is C101H121N3O18. The van der Waals surface area contributed by atoms with Crippen molar-refractivity contribution < 1.29 is 85.7 Å². The molecule has 122 heavy (non-hydrogen) atoms. The summed E-state index contributed by atoms with van der Waals surface area (Å²) in [4.78, 5) is 17.5. The second kappa shape index (κ2) is 52.5. The average molecular weight is 1670 g/mol. The smallest absolute Gasteiger partial charge is 0.303 e. The first-order chi connectivity index (χ1) is 60.2. The first kappa shape index (κ1) is 92.1. The number of carbonyl (C=O) groups is 1. The van der Waals surface area contributed by atoms with E-state index in [1.807, 2.05) is 279 Å². The number of rotatable bonds is 53. The lowest BCUT2D eigenvalue weighted by Crippen LogP contribution is -2.68. The highest BCUT2D eigenvalue weighted by Gasteiger charge is 2.58. The van der Waals surface area contributed by atoms with E-state index in [2.05, 4.69) is 23.0 Å². The van der Waals surface area contributed by atoms with Crippen molar-refractivity contribution in [1.82, 2.24) is 0 Å². The molecule has 3 fully saturated rings. The number of ether oxygens (including phenoxy) is 16. The fraction of sp³-hybridized carbons (Fsp3) is 0.436. The summed E-state index contributed by atoms with van der Waals surface area (Å²) in [6.07, 6.45) is -1.20. The van der Waals surface area contributed by atoms with Crippen LogP contribution in [0, 0.1) is 0 Å². The molecule has 3 aliphatic rings. The Bertz CT molecular complexity index is 4360. The van der Waals surface area contributed by atoms with Gasteiger partial charge >= 0.3 is 5.97 Å². The first-order valence-electron chi connectivity index (χ1n) is 43.4. The second-order valence-electron chi connectivity index (χ2n) is 31.3. The molecule has 12 rings (SSSR count). The maximum Gasteiger partial charge on any atom is 0.303 e. The van der Waals surface area contributed by atoms with Crippen molar-refractivity contribution in [2.24, 2.45) is 5.11 Å². The third-order valence-electron chi connectivity index (χ3n) is 21.9. The van der Waals surface area contributed by atoms with Gasteiger partial charge in [-0.05, 0) is 68.4 Å². The van der Waals surface area contributed by atoms with E-state index in [9.17, 15) is 15.4 Å². The number of carbonyl (C=O) groups excluding carboxylic acids is 1. The third kappa shape index (κ3) is 30.4. The van der Waals surface area contributed by atoms with Crippen molar-refractivity contribution in [1.29, 1.82) is 0 Å². The molecule has 0 aliphatic carbocycles. The summed E-state index contributed by atoms with van der Waals surface area (Å²) < 4.78 is 114. The molecule has 9 aromatic rings. The van der Waals surface area contributed by atoms with Gasteiger partial charge in [0.1, 0.15) is 67.1 Å². The van der Waals surface area contributed by atoms with Gasteiger partial charge in [0, 0.05) is 11.8 Å². The zero-order chi connectivity index (χ0) is 84.2. The van der Waals surface area contributed by atoms with Gasteiger partial charge in [0.15, 0.2) is 25.0 Å². The van der Waals surface area contributed by atoms with Crippen LogP contribution in [0.4, 0.5) is 0 Å². The van der Waals surface area contributed by atoms with E-state index >= 15 is 0 Å². The van der Waals surface area contributed by atoms with Crippen LogP contribution in [0.15, 0.2) is 290 Å². The summed E-state index contributed by atoms with van der Waals surface area (Å²) in [5.41, 5.74) is 18.2. The Morgan fingerprint density at radius 1 is 0.377 bits per heavy atom. The zero-order valence-corrected chi connectivity index (χ0v) is 70.4. The molecule has 0 amide bonds. The van der Waals surface area contributed by atoms with E-state index in [4.69, 9.17) is 75.8 Å². The van der Waals surface area contributed by atoms with E-state index in [1.54, 1.807) is 0 Å². The van der Waals surface area contributed by atoms with Crippen LogP contribution in [0.3, 0.4) is 0 Å². The Balaban J connectivity index is 0.924. The number of hydrogen-bond donors (Lipinski definition) is 1. The van der Waals surface area contributed by atoms with Gasteiger partial charge in [-0.3, -0.25) is 4.79 Å². The van der Waals surface area contributed by atoms with Crippen LogP contribution in [0.1, 0.15) is 141 Å². The minimum atomic E-state index is -1.46. The number of aliphatic hydroxyl groups excluding tert-OH is 1. The highest BCUT2D eigenvalue weighted by atomic mass is 16.8. The summed E-state index contributed by atoms with van der Waals surface area (Å²) in [5, 5.41) is 17.6. The number of benzene rings is 9. The molecule has 11 unspecified atom stereocenters. The van der Waals surface area contributed by atoms with Crippen LogP contribution in [-0.4, -0.2) is 142 Å². The highest BCUT2D eigenvalue weighted by molar-refractivity contribution is 5.66. The fourth-order valence-electron chi connectivity index (χ4n) is 15.4. The largest absolute Gasteiger partial charge is 0.454 e. The lowest BCUT2D eigenvalue weighted by atomic mass is 9.95. The predicted octanol–water partition coefficient (Wildman–Crippen LogP) is 19.3. The van der Waals surface area contributed by atoms with Gasteiger partial charge < -0.3 is 80.9 Å². The average Bonchev–Trinajstić information content (AvgIpc) is 0.728. The number of unbranched alkanes of at least 4 members (excludes halogenated alkanes) is 11. The Morgan fingerprint density at radius 2 is 0.689 bits per heavy atom. The Hall–Kier alpha value is -9.14. The Morgan fingerprint density at radius 3 is 1.07 bits per heavy atom. The summed E-state index contributed by atoms with van der Waals surface area (Å²) in [6, 6.07) is 86.8. The van der Waals surface area contributed by atoms with Gasteiger partial charge in [0.05, 0.1) is 98.0 Å². The maximum atomic E-state index is 14.1. The van der Waals surface area contributed by atoms with E-state index < -0.39 is 110 Å². The van der Waals surface area contributed by atoms with Crippen LogP contribution in [0.5, 0.6) is 0 Å². The first-order valence-corrected chi connectivity index (χ1v) is 43.4. The SMILES string of the molecule is CCCCCCCCCCCCCC=CC(OCc1ccccc1)C(CO[C@@H]1OC(COCc2ccccc2)[C@@H](O[C@@H]2OC(COCc3ccccc3)[C@H](O[C@@H]3OC(COCc4ccccc4)[C@H](OCc4ccccc4)C(O)C3OCc3ccccc3)C(OCc3ccccc3)C2OCc2ccccc2)C(OCc2ccccc2)C1OC(C)=O)N=[N+]=[N-]. The molecule has 0 radical (unpaired) electrons. The van der Waals surface area contributed by atoms with Crippen LogP contribution < -0.4 is 0 Å². The molecule has 21 heteroatoms. The van der Waals surface area contributed by atoms with Crippen LogP contribution >= 0.6 is 0 Å². The van der Waals surface area contributed by atoms with Crippen molar-refractivity contribution in [2.45, 2.75) is 255 Å². The minimum Gasteiger partial charge on any atom is -0.454 e. The topological polar surface area (TPSA) is 234 Å². The van der Waals surface area contributed by atoms with Crippen LogP contribution in [0.25, 0.3) is 10.4 Å². The monoisotopic (exact) mass is 1660 g/mol. The number of aliphatic hydroxyl groups is 1. The third-order valence-corrected chi connectivity index (χ3v) is 21.9. The quantitative estimate of drug-likeness (QED) is 0.00932. The fourth-order valence-corrected chi connectivity index (χ4v) is 15.4. The Kier molecular flexibility index (Phi) is 39.6. The molecule has 3 aliphatic heterocycles. The molecule has 21 nitrogen and oxygen atoms in total.